The highest BCUT2D eigenvalue weighted by Gasteiger charge is 2.34. The second-order valence-electron chi connectivity index (χ2n) is 11.8. The fourth-order valence-electron chi connectivity index (χ4n) is 6.82. The molecule has 0 radical (unpaired) electrons. The maximum absolute atomic E-state index is 12.7. The quantitative estimate of drug-likeness (QED) is 0.408. The highest BCUT2D eigenvalue weighted by atomic mass is 16.5. The van der Waals surface area contributed by atoms with Gasteiger partial charge in [-0.1, -0.05) is 36.3 Å². The minimum absolute atomic E-state index is 0.224. The van der Waals surface area contributed by atoms with Crippen LogP contribution in [0.25, 0.3) is 10.8 Å². The molecule has 3 aromatic rings. The predicted molar refractivity (Wildman–Crippen MR) is 168 cm³/mol. The number of fused-ring (bicyclic) bond motifs is 2. The van der Waals surface area contributed by atoms with E-state index >= 15 is 0 Å². The summed E-state index contributed by atoms with van der Waals surface area (Å²) in [6.07, 6.45) is 3.31. The number of piperazine rings is 1. The largest absolute Gasteiger partial charge is 0.462 e. The van der Waals surface area contributed by atoms with Crippen molar-refractivity contribution in [1.82, 2.24) is 19.8 Å². The number of nitriles is 1. The van der Waals surface area contributed by atoms with Gasteiger partial charge in [-0.05, 0) is 69.6 Å². The van der Waals surface area contributed by atoms with Crippen LogP contribution in [0, 0.1) is 30.1 Å². The molecule has 222 valence electrons. The van der Waals surface area contributed by atoms with Crippen LogP contribution in [0.4, 0.5) is 11.5 Å². The van der Waals surface area contributed by atoms with Crippen molar-refractivity contribution in [3.05, 3.63) is 53.2 Å². The number of anilines is 2. The Morgan fingerprint density at radius 3 is 2.67 bits per heavy atom. The first kappa shape index (κ1) is 28.8. The molecule has 0 N–H and O–H groups in total. The standard InChI is InChI=1S/C34H39N7O2/c1-4-8-31(42)41-20-19-40(21-26(41)14-16-35)33-28-15-18-39(30-13-6-11-25-10-5-9-24(2)32(25)30)22-29(28)36-34(37-33)43-23-27-12-7-17-38(27)3/h5-6,9-11,13,26-27H,7,12,14-15,17-23H2,1-3H3/t26-,27-/m0/s1. The molecule has 0 spiro atoms. The maximum atomic E-state index is 12.7. The van der Waals surface area contributed by atoms with Gasteiger partial charge in [-0.3, -0.25) is 4.79 Å². The molecule has 0 bridgehead atoms. The molecule has 2 saturated heterocycles. The third kappa shape index (κ3) is 5.83. The molecule has 2 atom stereocenters. The lowest BCUT2D eigenvalue weighted by Crippen LogP contribution is -2.55. The molecule has 3 aliphatic heterocycles. The van der Waals surface area contributed by atoms with Crippen LogP contribution in [0.2, 0.25) is 0 Å². The van der Waals surface area contributed by atoms with E-state index < -0.39 is 0 Å². The Kier molecular flexibility index (Phi) is 8.35. The molecule has 6 rings (SSSR count). The number of hydrogen-bond donors (Lipinski definition) is 0. The second kappa shape index (κ2) is 12.5. The van der Waals surface area contributed by atoms with Gasteiger partial charge in [0.05, 0.1) is 30.8 Å². The van der Waals surface area contributed by atoms with Crippen molar-refractivity contribution in [3.63, 3.8) is 0 Å². The van der Waals surface area contributed by atoms with Crippen LogP contribution in [-0.2, 0) is 17.8 Å². The number of hydrogen-bond acceptors (Lipinski definition) is 8. The summed E-state index contributed by atoms with van der Waals surface area (Å²) in [4.78, 5) is 31.4. The highest BCUT2D eigenvalue weighted by molar-refractivity contribution is 5.97. The number of rotatable bonds is 6. The van der Waals surface area contributed by atoms with Gasteiger partial charge in [-0.2, -0.15) is 15.2 Å². The van der Waals surface area contributed by atoms with Crippen LogP contribution in [0.3, 0.4) is 0 Å². The summed E-state index contributed by atoms with van der Waals surface area (Å²) in [5.41, 5.74) is 4.58. The number of amides is 1. The van der Waals surface area contributed by atoms with Crippen LogP contribution in [0.1, 0.15) is 43.0 Å². The summed E-state index contributed by atoms with van der Waals surface area (Å²) in [6, 6.07) is 15.7. The zero-order chi connectivity index (χ0) is 29.9. The Balaban J connectivity index is 1.34. The van der Waals surface area contributed by atoms with E-state index in [2.05, 4.69) is 83.0 Å². The number of aryl methyl sites for hydroxylation is 1. The van der Waals surface area contributed by atoms with Crippen LogP contribution in [-0.4, -0.2) is 84.1 Å². The molecule has 9 heteroatoms. The van der Waals surface area contributed by atoms with Crippen LogP contribution >= 0.6 is 0 Å². The van der Waals surface area contributed by atoms with Crippen molar-refractivity contribution in [2.75, 3.05) is 56.2 Å². The van der Waals surface area contributed by atoms with Crippen molar-refractivity contribution < 1.29 is 9.53 Å². The van der Waals surface area contributed by atoms with Gasteiger partial charge in [-0.15, -0.1) is 0 Å². The first-order valence-corrected chi connectivity index (χ1v) is 15.3. The Morgan fingerprint density at radius 1 is 1.07 bits per heavy atom. The Morgan fingerprint density at radius 2 is 1.91 bits per heavy atom. The molecule has 1 aromatic heterocycles. The number of ether oxygens (including phenoxy) is 1. The van der Waals surface area contributed by atoms with E-state index in [1.54, 1.807) is 11.8 Å². The lowest BCUT2D eigenvalue weighted by Gasteiger charge is -2.41. The maximum Gasteiger partial charge on any atom is 0.318 e. The number of likely N-dealkylation sites (N-methyl/N-ethyl adjacent to an activating group) is 1. The van der Waals surface area contributed by atoms with E-state index in [1.165, 1.54) is 28.4 Å². The number of aromatic nitrogens is 2. The molecular weight excluding hydrogens is 538 g/mol. The number of nitrogens with zero attached hydrogens (tertiary/aromatic N) is 7. The van der Waals surface area contributed by atoms with Crippen molar-refractivity contribution in [2.45, 2.75) is 58.2 Å². The lowest BCUT2D eigenvalue weighted by atomic mass is 9.99. The van der Waals surface area contributed by atoms with E-state index in [1.807, 2.05) is 0 Å². The average Bonchev–Trinajstić information content (AvgIpc) is 3.43. The van der Waals surface area contributed by atoms with E-state index in [0.717, 1.165) is 43.0 Å². The molecule has 0 unspecified atom stereocenters. The zero-order valence-electron chi connectivity index (χ0n) is 25.3. The third-order valence-corrected chi connectivity index (χ3v) is 9.13. The van der Waals surface area contributed by atoms with Crippen molar-refractivity contribution in [3.8, 4) is 23.9 Å². The number of carbonyl (C=O) groups excluding carboxylic acids is 1. The predicted octanol–water partition coefficient (Wildman–Crippen LogP) is 3.93. The third-order valence-electron chi connectivity index (χ3n) is 9.13. The Hall–Kier alpha value is -4.34. The Labute approximate surface area is 254 Å². The zero-order valence-corrected chi connectivity index (χ0v) is 25.3. The smallest absolute Gasteiger partial charge is 0.318 e. The molecule has 2 fully saturated rings. The molecular formula is C34H39N7O2. The van der Waals surface area contributed by atoms with E-state index in [9.17, 15) is 10.1 Å². The monoisotopic (exact) mass is 577 g/mol. The fraction of sp³-hybridized carbons (Fsp3) is 0.471. The molecule has 3 aliphatic rings. The number of benzene rings is 2. The average molecular weight is 578 g/mol. The van der Waals surface area contributed by atoms with Gasteiger partial charge >= 0.3 is 6.01 Å². The molecule has 0 aliphatic carbocycles. The normalized spacial score (nSPS) is 20.4. The first-order valence-electron chi connectivity index (χ1n) is 15.3. The molecule has 9 nitrogen and oxygen atoms in total. The molecule has 1 amide bonds. The van der Waals surface area contributed by atoms with Gasteiger partial charge in [0.1, 0.15) is 12.4 Å². The molecule has 0 saturated carbocycles. The van der Waals surface area contributed by atoms with Crippen molar-refractivity contribution >= 4 is 28.2 Å². The first-order chi connectivity index (χ1) is 21.0. The summed E-state index contributed by atoms with van der Waals surface area (Å²) >= 11 is 0. The van der Waals surface area contributed by atoms with E-state index in [-0.39, 0.29) is 18.4 Å². The van der Waals surface area contributed by atoms with Crippen LogP contribution in [0.15, 0.2) is 36.4 Å². The van der Waals surface area contributed by atoms with Gasteiger partial charge in [0.15, 0.2) is 0 Å². The molecule has 2 aromatic carbocycles. The topological polar surface area (TPSA) is 88.8 Å². The lowest BCUT2D eigenvalue weighted by molar-refractivity contribution is -0.127. The number of carbonyl (C=O) groups is 1. The summed E-state index contributed by atoms with van der Waals surface area (Å²) < 4.78 is 6.31. The molecule has 43 heavy (non-hydrogen) atoms. The van der Waals surface area contributed by atoms with Crippen LogP contribution < -0.4 is 14.5 Å². The van der Waals surface area contributed by atoms with Gasteiger partial charge in [0, 0.05) is 48.9 Å². The summed E-state index contributed by atoms with van der Waals surface area (Å²) in [5, 5.41) is 12.1. The van der Waals surface area contributed by atoms with Gasteiger partial charge in [-0.25, -0.2) is 0 Å². The second-order valence-corrected chi connectivity index (χ2v) is 11.8. The summed E-state index contributed by atoms with van der Waals surface area (Å²) in [7, 11) is 2.14. The summed E-state index contributed by atoms with van der Waals surface area (Å²) in [6.45, 7) is 8.58. The fourth-order valence-corrected chi connectivity index (χ4v) is 6.82. The summed E-state index contributed by atoms with van der Waals surface area (Å²) in [5.74, 6) is 6.00. The van der Waals surface area contributed by atoms with E-state index in [4.69, 9.17) is 14.7 Å². The van der Waals surface area contributed by atoms with Crippen molar-refractivity contribution in [1.29, 1.82) is 5.26 Å². The minimum atomic E-state index is -0.257. The molecule has 4 heterocycles. The highest BCUT2D eigenvalue weighted by Crippen LogP contribution is 2.36. The van der Waals surface area contributed by atoms with Gasteiger partial charge in [0.25, 0.3) is 5.91 Å². The minimum Gasteiger partial charge on any atom is -0.462 e. The number of likely N-dealkylation sites (tertiary alicyclic amines) is 1. The van der Waals surface area contributed by atoms with Gasteiger partial charge < -0.3 is 24.3 Å². The van der Waals surface area contributed by atoms with E-state index in [0.29, 0.717) is 44.8 Å². The van der Waals surface area contributed by atoms with Crippen molar-refractivity contribution in [2.24, 2.45) is 0 Å². The van der Waals surface area contributed by atoms with Crippen LogP contribution in [0.5, 0.6) is 6.01 Å². The SMILES string of the molecule is CC#CC(=O)N1CCN(c2nc(OC[C@@H]3CCCN3C)nc3c2CCN(c2cccc4cccc(C)c24)C3)C[C@@H]1CC#N. The van der Waals surface area contributed by atoms with Gasteiger partial charge in [0.2, 0.25) is 0 Å². The Bertz CT molecular complexity index is 1620.